The van der Waals surface area contributed by atoms with E-state index in [2.05, 4.69) is 36.6 Å². The molecule has 0 aromatic heterocycles. The Hall–Kier alpha value is -1.92. The van der Waals surface area contributed by atoms with Crippen molar-refractivity contribution in [3.05, 3.63) is 35.4 Å². The summed E-state index contributed by atoms with van der Waals surface area (Å²) in [5, 5.41) is 3.03. The number of quaternary nitrogens is 2. The number of piperazine rings is 1. The summed E-state index contributed by atoms with van der Waals surface area (Å²) in [4.78, 5) is 29.6. The molecule has 0 saturated carbocycles. The number of rotatable bonds is 5. The molecule has 0 radical (unpaired) electrons. The normalized spacial score (nSPS) is 21.4. The molecular formula is C23H38N4O2+2. The van der Waals surface area contributed by atoms with E-state index >= 15 is 0 Å². The van der Waals surface area contributed by atoms with Gasteiger partial charge in [0.1, 0.15) is 6.04 Å². The lowest BCUT2D eigenvalue weighted by Crippen LogP contribution is -3.16. The van der Waals surface area contributed by atoms with Crippen LogP contribution in [0.15, 0.2) is 24.3 Å². The molecule has 1 unspecified atom stereocenters. The van der Waals surface area contributed by atoms with Crippen LogP contribution in [0.1, 0.15) is 50.8 Å². The van der Waals surface area contributed by atoms with E-state index in [0.29, 0.717) is 19.1 Å². The number of amides is 2. The van der Waals surface area contributed by atoms with Crippen molar-refractivity contribution in [3.8, 4) is 0 Å². The van der Waals surface area contributed by atoms with Gasteiger partial charge < -0.3 is 20.0 Å². The lowest BCUT2D eigenvalue weighted by Gasteiger charge is -2.34. The smallest absolute Gasteiger partial charge is 0.278 e. The zero-order valence-electron chi connectivity index (χ0n) is 18.5. The molecule has 1 aromatic rings. The number of hydrogen-bond acceptors (Lipinski definition) is 2. The van der Waals surface area contributed by atoms with Crippen LogP contribution in [0, 0.1) is 0 Å². The number of carbonyl (C=O) groups excluding carboxylic acids is 2. The number of aryl methyl sites for hydroxylation is 1. The van der Waals surface area contributed by atoms with E-state index in [9.17, 15) is 9.59 Å². The fourth-order valence-corrected chi connectivity index (χ4v) is 4.68. The fraction of sp³-hybridized carbons (Fsp3) is 0.652. The number of hydrogen-bond donors (Lipinski definition) is 3. The number of nitrogens with zero attached hydrogens (tertiary/aromatic N) is 1. The number of nitrogens with one attached hydrogen (secondary N) is 3. The van der Waals surface area contributed by atoms with Gasteiger partial charge in [0, 0.05) is 17.5 Å². The lowest BCUT2D eigenvalue weighted by molar-refractivity contribution is -0.906. The van der Waals surface area contributed by atoms with Crippen LogP contribution in [0.2, 0.25) is 0 Å². The Bertz CT molecular complexity index is 720. The van der Waals surface area contributed by atoms with E-state index in [0.717, 1.165) is 39.0 Å². The van der Waals surface area contributed by atoms with Crippen molar-refractivity contribution in [2.24, 2.45) is 0 Å². The second kappa shape index (κ2) is 9.26. The first kappa shape index (κ1) is 21.8. The van der Waals surface area contributed by atoms with Crippen LogP contribution in [-0.4, -0.2) is 68.6 Å². The quantitative estimate of drug-likeness (QED) is 0.605. The van der Waals surface area contributed by atoms with Crippen molar-refractivity contribution in [3.63, 3.8) is 0 Å². The molecular weight excluding hydrogens is 364 g/mol. The highest BCUT2D eigenvalue weighted by Gasteiger charge is 2.31. The van der Waals surface area contributed by atoms with Gasteiger partial charge in [-0.25, -0.2) is 0 Å². The van der Waals surface area contributed by atoms with Gasteiger partial charge in [-0.1, -0.05) is 24.3 Å². The summed E-state index contributed by atoms with van der Waals surface area (Å²) >= 11 is 0. The Morgan fingerprint density at radius 2 is 1.90 bits per heavy atom. The Kier molecular flexibility index (Phi) is 6.96. The molecule has 2 amide bonds. The van der Waals surface area contributed by atoms with Gasteiger partial charge in [-0.15, -0.1) is 0 Å². The SMILES string of the molecule is C[NH+](CC(=O)N1CC[NH+](CC(=O)NC(C)(C)C)CC1)[C@@H]1CCCc2ccccc21. The predicted octanol–water partition coefficient (Wildman–Crippen LogP) is -0.779. The molecule has 29 heavy (non-hydrogen) atoms. The third-order valence-corrected chi connectivity index (χ3v) is 6.14. The molecule has 3 rings (SSSR count). The maximum atomic E-state index is 12.9. The van der Waals surface area contributed by atoms with E-state index in [-0.39, 0.29) is 17.4 Å². The summed E-state index contributed by atoms with van der Waals surface area (Å²) in [5.41, 5.74) is 2.67. The van der Waals surface area contributed by atoms with Crippen molar-refractivity contribution in [1.29, 1.82) is 0 Å². The molecule has 160 valence electrons. The van der Waals surface area contributed by atoms with Gasteiger partial charge in [-0.3, -0.25) is 9.59 Å². The monoisotopic (exact) mass is 402 g/mol. The molecule has 1 aromatic carbocycles. The molecule has 2 atom stereocenters. The van der Waals surface area contributed by atoms with Crippen LogP contribution in [0.4, 0.5) is 0 Å². The summed E-state index contributed by atoms with van der Waals surface area (Å²) in [6.07, 6.45) is 3.50. The summed E-state index contributed by atoms with van der Waals surface area (Å²) in [6, 6.07) is 9.11. The van der Waals surface area contributed by atoms with Crippen LogP contribution in [0.3, 0.4) is 0 Å². The minimum Gasteiger partial charge on any atom is -0.347 e. The van der Waals surface area contributed by atoms with Gasteiger partial charge >= 0.3 is 0 Å². The van der Waals surface area contributed by atoms with Crippen molar-refractivity contribution < 1.29 is 19.4 Å². The zero-order valence-corrected chi connectivity index (χ0v) is 18.5. The van der Waals surface area contributed by atoms with Crippen LogP contribution in [0.25, 0.3) is 0 Å². The number of benzene rings is 1. The second-order valence-electron chi connectivity index (χ2n) is 9.77. The van der Waals surface area contributed by atoms with Gasteiger partial charge in [0.15, 0.2) is 13.1 Å². The molecule has 1 aliphatic heterocycles. The Morgan fingerprint density at radius 1 is 1.21 bits per heavy atom. The minimum absolute atomic E-state index is 0.0902. The Morgan fingerprint density at radius 3 is 2.59 bits per heavy atom. The van der Waals surface area contributed by atoms with Gasteiger partial charge in [-0.05, 0) is 39.2 Å². The summed E-state index contributed by atoms with van der Waals surface area (Å²) < 4.78 is 0. The highest BCUT2D eigenvalue weighted by molar-refractivity contribution is 5.78. The zero-order chi connectivity index (χ0) is 21.0. The number of carbonyl (C=O) groups is 2. The third-order valence-electron chi connectivity index (χ3n) is 6.14. The number of fused-ring (bicyclic) bond motifs is 1. The van der Waals surface area contributed by atoms with E-state index in [1.807, 2.05) is 25.7 Å². The van der Waals surface area contributed by atoms with Crippen molar-refractivity contribution in [1.82, 2.24) is 10.2 Å². The van der Waals surface area contributed by atoms with Crippen LogP contribution in [0.5, 0.6) is 0 Å². The van der Waals surface area contributed by atoms with Gasteiger partial charge in [0.25, 0.3) is 11.8 Å². The van der Waals surface area contributed by atoms with Crippen LogP contribution >= 0.6 is 0 Å². The summed E-state index contributed by atoms with van der Waals surface area (Å²) in [7, 11) is 2.16. The highest BCUT2D eigenvalue weighted by Crippen LogP contribution is 2.27. The van der Waals surface area contributed by atoms with Crippen molar-refractivity contribution >= 4 is 11.8 Å². The van der Waals surface area contributed by atoms with Gasteiger partial charge in [0.05, 0.1) is 33.2 Å². The molecule has 1 fully saturated rings. The molecule has 1 heterocycles. The highest BCUT2D eigenvalue weighted by atomic mass is 16.2. The molecule has 3 N–H and O–H groups in total. The third kappa shape index (κ3) is 6.03. The van der Waals surface area contributed by atoms with E-state index in [1.54, 1.807) is 0 Å². The molecule has 0 spiro atoms. The van der Waals surface area contributed by atoms with Crippen LogP contribution < -0.4 is 15.1 Å². The maximum Gasteiger partial charge on any atom is 0.278 e. The van der Waals surface area contributed by atoms with Crippen molar-refractivity contribution in [2.75, 3.05) is 46.3 Å². The average molecular weight is 403 g/mol. The molecule has 6 nitrogen and oxygen atoms in total. The van der Waals surface area contributed by atoms with E-state index in [4.69, 9.17) is 0 Å². The van der Waals surface area contributed by atoms with Gasteiger partial charge in [-0.2, -0.15) is 0 Å². The molecule has 1 aliphatic carbocycles. The molecule has 2 aliphatic rings. The van der Waals surface area contributed by atoms with Crippen molar-refractivity contribution in [2.45, 2.75) is 51.6 Å². The van der Waals surface area contributed by atoms with Gasteiger partial charge in [0.2, 0.25) is 0 Å². The lowest BCUT2D eigenvalue weighted by atomic mass is 9.87. The first-order valence-electron chi connectivity index (χ1n) is 11.1. The summed E-state index contributed by atoms with van der Waals surface area (Å²) in [5.74, 6) is 0.330. The Balaban J connectivity index is 1.47. The topological polar surface area (TPSA) is 58.3 Å². The second-order valence-corrected chi connectivity index (χ2v) is 9.77. The minimum atomic E-state index is -0.195. The summed E-state index contributed by atoms with van der Waals surface area (Å²) in [6.45, 7) is 10.2. The standard InChI is InChI=1S/C23H36N4O2/c1-23(2,3)24-21(28)16-26-12-14-27(15-13-26)22(29)17-25(4)20-11-7-9-18-8-5-6-10-19(18)20/h5-6,8,10,20H,7,9,11-17H2,1-4H3,(H,24,28)/p+2/t20-/m1/s1. The van der Waals surface area contributed by atoms with E-state index < -0.39 is 0 Å². The van der Waals surface area contributed by atoms with E-state index in [1.165, 1.54) is 27.3 Å². The predicted molar refractivity (Wildman–Crippen MR) is 114 cm³/mol. The van der Waals surface area contributed by atoms with Crippen LogP contribution in [-0.2, 0) is 16.0 Å². The molecule has 1 saturated heterocycles. The largest absolute Gasteiger partial charge is 0.347 e. The maximum absolute atomic E-state index is 12.9. The molecule has 0 bridgehead atoms. The average Bonchev–Trinajstić information content (AvgIpc) is 2.66. The first-order chi connectivity index (χ1) is 13.7. The fourth-order valence-electron chi connectivity index (χ4n) is 4.68. The number of likely N-dealkylation sites (N-methyl/N-ethyl adjacent to an activating group) is 1. The Labute approximate surface area is 175 Å². The molecule has 6 heteroatoms. The first-order valence-corrected chi connectivity index (χ1v) is 11.1.